The van der Waals surface area contributed by atoms with Gasteiger partial charge in [0.15, 0.2) is 0 Å². The molecule has 0 spiro atoms. The van der Waals surface area contributed by atoms with Gasteiger partial charge in [-0.05, 0) is 68.9 Å². The van der Waals surface area contributed by atoms with Gasteiger partial charge in [-0.2, -0.15) is 5.26 Å². The van der Waals surface area contributed by atoms with E-state index in [2.05, 4.69) is 20.3 Å². The molecule has 0 aliphatic heterocycles. The quantitative estimate of drug-likeness (QED) is 0.534. The summed E-state index contributed by atoms with van der Waals surface area (Å²) in [6.07, 6.45) is 8.67. The van der Waals surface area contributed by atoms with Crippen molar-refractivity contribution in [2.45, 2.75) is 68.8 Å². The lowest BCUT2D eigenvalue weighted by molar-refractivity contribution is 0.363. The van der Waals surface area contributed by atoms with Crippen LogP contribution >= 0.6 is 0 Å². The van der Waals surface area contributed by atoms with Crippen molar-refractivity contribution >= 4 is 20.9 Å². The third-order valence-electron chi connectivity index (χ3n) is 6.98. The topological polar surface area (TPSA) is 87.8 Å². The monoisotopic (exact) mass is 466 g/mol. The van der Waals surface area contributed by atoms with Crippen molar-refractivity contribution in [2.24, 2.45) is 5.92 Å². The molecule has 8 heteroatoms. The molecule has 3 aromatic rings. The second-order valence-electron chi connectivity index (χ2n) is 9.29. The maximum absolute atomic E-state index is 14.2. The first kappa shape index (κ1) is 22.1. The highest BCUT2D eigenvalue weighted by atomic mass is 32.2. The number of aromatic nitrogens is 2. The Hall–Kier alpha value is -2.76. The molecule has 0 saturated heterocycles. The molecule has 172 valence electrons. The Kier molecular flexibility index (Phi) is 5.71. The Bertz CT molecular complexity index is 1330. The number of nitriles is 1. The van der Waals surface area contributed by atoms with E-state index in [-0.39, 0.29) is 22.8 Å². The van der Waals surface area contributed by atoms with Gasteiger partial charge in [0, 0.05) is 23.7 Å². The van der Waals surface area contributed by atoms with Crippen molar-refractivity contribution in [3.05, 3.63) is 47.9 Å². The van der Waals surface area contributed by atoms with E-state index in [0.29, 0.717) is 33.8 Å². The molecular weight excluding hydrogens is 439 g/mol. The van der Waals surface area contributed by atoms with E-state index in [1.165, 1.54) is 30.8 Å². The zero-order chi connectivity index (χ0) is 23.2. The summed E-state index contributed by atoms with van der Waals surface area (Å²) < 4.78 is 44.6. The van der Waals surface area contributed by atoms with Crippen molar-refractivity contribution in [3.8, 4) is 17.5 Å². The first-order chi connectivity index (χ1) is 15.9. The second kappa shape index (κ2) is 8.54. The van der Waals surface area contributed by atoms with E-state index in [1.807, 2.05) is 6.92 Å². The number of rotatable bonds is 6. The zero-order valence-corrected chi connectivity index (χ0v) is 19.4. The van der Waals surface area contributed by atoms with E-state index in [9.17, 15) is 18.1 Å². The Morgan fingerprint density at radius 2 is 1.91 bits per heavy atom. The normalized spacial score (nSPS) is 18.3. The fourth-order valence-electron chi connectivity index (χ4n) is 5.05. The summed E-state index contributed by atoms with van der Waals surface area (Å²) in [5.41, 5.74) is 2.28. The molecule has 2 aliphatic carbocycles. The average molecular weight is 467 g/mol. The summed E-state index contributed by atoms with van der Waals surface area (Å²) in [7, 11) is -3.67. The molecule has 0 unspecified atom stereocenters. The fraction of sp³-hybridized carbons (Fsp3) is 0.440. The van der Waals surface area contributed by atoms with E-state index in [0.717, 1.165) is 38.5 Å². The van der Waals surface area contributed by atoms with Crippen LogP contribution in [0.1, 0.15) is 63.5 Å². The van der Waals surface area contributed by atoms with Crippen molar-refractivity contribution < 1.29 is 12.8 Å². The van der Waals surface area contributed by atoms with Gasteiger partial charge in [0.05, 0.1) is 22.5 Å². The van der Waals surface area contributed by atoms with Gasteiger partial charge in [0.1, 0.15) is 16.8 Å². The molecule has 33 heavy (non-hydrogen) atoms. The van der Waals surface area contributed by atoms with Gasteiger partial charge >= 0.3 is 0 Å². The van der Waals surface area contributed by atoms with Crippen LogP contribution in [-0.2, 0) is 10.0 Å². The minimum Gasteiger partial charge on any atom is -0.335 e. The number of nitrogens with zero attached hydrogens (tertiary/aromatic N) is 3. The molecule has 1 N–H and O–H groups in total. The molecule has 1 aromatic carbocycles. The Balaban J connectivity index is 1.60. The number of benzene rings is 1. The Morgan fingerprint density at radius 3 is 2.55 bits per heavy atom. The molecule has 6 nitrogen and oxygen atoms in total. The number of sulfonamides is 1. The minimum absolute atomic E-state index is 0.101. The third kappa shape index (κ3) is 4.16. The van der Waals surface area contributed by atoms with Crippen LogP contribution in [-0.4, -0.2) is 24.0 Å². The van der Waals surface area contributed by atoms with Gasteiger partial charge < -0.3 is 4.57 Å². The van der Waals surface area contributed by atoms with Crippen LogP contribution in [0.4, 0.5) is 4.39 Å². The van der Waals surface area contributed by atoms with Gasteiger partial charge in [-0.15, -0.1) is 0 Å². The van der Waals surface area contributed by atoms with E-state index < -0.39 is 10.0 Å². The Morgan fingerprint density at radius 1 is 1.15 bits per heavy atom. The molecule has 2 aromatic heterocycles. The second-order valence-corrected chi connectivity index (χ2v) is 11.0. The zero-order valence-electron chi connectivity index (χ0n) is 18.6. The van der Waals surface area contributed by atoms with Crippen LogP contribution in [0.15, 0.2) is 41.4 Å². The molecule has 0 amide bonds. The molecule has 2 fully saturated rings. The summed E-state index contributed by atoms with van der Waals surface area (Å²) >= 11 is 0. The maximum Gasteiger partial charge on any atom is 0.242 e. The summed E-state index contributed by atoms with van der Waals surface area (Å²) in [6.45, 7) is 1.89. The molecule has 1 atom stereocenters. The van der Waals surface area contributed by atoms with Crippen LogP contribution in [0.25, 0.3) is 22.3 Å². The molecule has 0 radical (unpaired) electrons. The summed E-state index contributed by atoms with van der Waals surface area (Å²) in [5.74, 6) is 0.0511. The van der Waals surface area contributed by atoms with Gasteiger partial charge in [0.2, 0.25) is 10.0 Å². The fourth-order valence-corrected chi connectivity index (χ4v) is 6.31. The predicted molar refractivity (Wildman–Crippen MR) is 124 cm³/mol. The molecule has 2 aliphatic rings. The number of nitrogens with one attached hydrogen (secondary N) is 1. The van der Waals surface area contributed by atoms with E-state index >= 15 is 0 Å². The lowest BCUT2D eigenvalue weighted by atomic mass is 9.95. The first-order valence-corrected chi connectivity index (χ1v) is 13.1. The third-order valence-corrected chi connectivity index (χ3v) is 8.52. The van der Waals surface area contributed by atoms with Crippen LogP contribution < -0.4 is 4.72 Å². The van der Waals surface area contributed by atoms with Crippen molar-refractivity contribution in [1.82, 2.24) is 14.3 Å². The molecular formula is C25H27FN4O2S. The number of hydrogen-bond acceptors (Lipinski definition) is 4. The highest BCUT2D eigenvalue weighted by molar-refractivity contribution is 7.89. The SMILES string of the molecule is C[C@H](NS(=O)(=O)c1ccc(-c2c(C#N)c3ccc(F)cc3n2C2CCCCC2)nc1)C1CC1. The average Bonchev–Trinajstić information content (AvgIpc) is 3.61. The van der Waals surface area contributed by atoms with E-state index in [4.69, 9.17) is 0 Å². The number of halogens is 1. The van der Waals surface area contributed by atoms with Gasteiger partial charge in [-0.1, -0.05) is 19.3 Å². The lowest BCUT2D eigenvalue weighted by Gasteiger charge is -2.26. The highest BCUT2D eigenvalue weighted by Crippen LogP contribution is 2.40. The number of fused-ring (bicyclic) bond motifs is 1. The van der Waals surface area contributed by atoms with Crippen molar-refractivity contribution in [3.63, 3.8) is 0 Å². The van der Waals surface area contributed by atoms with Gasteiger partial charge in [-0.25, -0.2) is 17.5 Å². The van der Waals surface area contributed by atoms with Crippen LogP contribution in [0.2, 0.25) is 0 Å². The largest absolute Gasteiger partial charge is 0.335 e. The van der Waals surface area contributed by atoms with Gasteiger partial charge in [0.25, 0.3) is 0 Å². The van der Waals surface area contributed by atoms with Crippen LogP contribution in [0.3, 0.4) is 0 Å². The molecule has 2 saturated carbocycles. The van der Waals surface area contributed by atoms with Crippen molar-refractivity contribution in [1.29, 1.82) is 5.26 Å². The molecule has 2 heterocycles. The maximum atomic E-state index is 14.2. The van der Waals surface area contributed by atoms with Crippen molar-refractivity contribution in [2.75, 3.05) is 0 Å². The summed E-state index contributed by atoms with van der Waals surface area (Å²) in [5, 5.41) is 10.7. The summed E-state index contributed by atoms with van der Waals surface area (Å²) in [6, 6.07) is 10.0. The van der Waals surface area contributed by atoms with Crippen LogP contribution in [0, 0.1) is 23.1 Å². The minimum atomic E-state index is -3.67. The standard InChI is InChI=1S/C25H27FN4O2S/c1-16(17-7-8-17)29-33(31,32)20-10-12-23(28-15-20)25-22(14-27)21-11-9-18(26)13-24(21)30(25)19-5-3-2-4-6-19/h9-13,15-17,19,29H,2-8H2,1H3/t16-/m0/s1. The number of pyridine rings is 1. The Labute approximate surface area is 193 Å². The van der Waals surface area contributed by atoms with Gasteiger partial charge in [-0.3, -0.25) is 4.98 Å². The predicted octanol–water partition coefficient (Wildman–Crippen LogP) is 5.30. The molecule has 0 bridgehead atoms. The highest BCUT2D eigenvalue weighted by Gasteiger charge is 2.32. The number of hydrogen-bond donors (Lipinski definition) is 1. The lowest BCUT2D eigenvalue weighted by Crippen LogP contribution is -2.34. The summed E-state index contributed by atoms with van der Waals surface area (Å²) in [4.78, 5) is 4.58. The van der Waals surface area contributed by atoms with Crippen LogP contribution in [0.5, 0.6) is 0 Å². The van der Waals surface area contributed by atoms with E-state index in [1.54, 1.807) is 12.1 Å². The smallest absolute Gasteiger partial charge is 0.242 e. The molecule has 5 rings (SSSR count). The first-order valence-electron chi connectivity index (χ1n) is 11.6.